The van der Waals surface area contributed by atoms with Gasteiger partial charge in [-0.15, -0.1) is 0 Å². The molecule has 0 amide bonds. The van der Waals surface area contributed by atoms with Crippen molar-refractivity contribution >= 4 is 5.97 Å². The van der Waals surface area contributed by atoms with Crippen LogP contribution in [-0.4, -0.2) is 12.1 Å². The molecule has 1 heterocycles. The van der Waals surface area contributed by atoms with Gasteiger partial charge in [-0.3, -0.25) is 4.79 Å². The van der Waals surface area contributed by atoms with Crippen LogP contribution in [0.4, 0.5) is 0 Å². The van der Waals surface area contributed by atoms with Gasteiger partial charge in [-0.05, 0) is 18.3 Å². The molecular formula is C9H16O2. The van der Waals surface area contributed by atoms with Gasteiger partial charge < -0.3 is 4.74 Å². The van der Waals surface area contributed by atoms with Gasteiger partial charge in [-0.25, -0.2) is 0 Å². The molecule has 0 saturated carbocycles. The Kier molecular flexibility index (Phi) is 2.53. The zero-order valence-electron chi connectivity index (χ0n) is 7.46. The number of hydrogen-bond acceptors (Lipinski definition) is 2. The summed E-state index contributed by atoms with van der Waals surface area (Å²) >= 11 is 0. The van der Waals surface area contributed by atoms with Crippen LogP contribution in [0.25, 0.3) is 0 Å². The van der Waals surface area contributed by atoms with E-state index in [1.807, 2.05) is 0 Å². The molecule has 0 aliphatic carbocycles. The molecule has 1 fully saturated rings. The van der Waals surface area contributed by atoms with Crippen molar-refractivity contribution < 1.29 is 9.53 Å². The molecule has 1 aliphatic heterocycles. The van der Waals surface area contributed by atoms with E-state index in [9.17, 15) is 4.79 Å². The zero-order valence-corrected chi connectivity index (χ0v) is 7.46. The first-order valence-corrected chi connectivity index (χ1v) is 4.30. The van der Waals surface area contributed by atoms with Gasteiger partial charge in [0.25, 0.3) is 0 Å². The highest BCUT2D eigenvalue weighted by molar-refractivity contribution is 5.70. The molecule has 0 bridgehead atoms. The first-order chi connectivity index (χ1) is 5.11. The third kappa shape index (κ3) is 1.95. The highest BCUT2D eigenvalue weighted by atomic mass is 16.5. The Morgan fingerprint density at radius 3 is 2.64 bits per heavy atom. The average Bonchev–Trinajstić information content (AvgIpc) is 1.94. The summed E-state index contributed by atoms with van der Waals surface area (Å²) < 4.78 is 5.22. The standard InChI is InChI=1S/C9H16O2/c1-6(2)9-7(3)4-5-8(10)11-9/h6-7,9H,4-5H2,1-3H3/t7-,9+/m1/s1. The third-order valence-corrected chi connectivity index (χ3v) is 2.29. The van der Waals surface area contributed by atoms with Gasteiger partial charge in [0.2, 0.25) is 0 Å². The molecule has 2 heteroatoms. The highest BCUT2D eigenvalue weighted by Gasteiger charge is 2.29. The van der Waals surface area contributed by atoms with Crippen molar-refractivity contribution in [2.45, 2.75) is 39.7 Å². The number of carbonyl (C=O) groups excluding carboxylic acids is 1. The first kappa shape index (κ1) is 8.57. The Hall–Kier alpha value is -0.530. The molecule has 64 valence electrons. The van der Waals surface area contributed by atoms with Gasteiger partial charge in [-0.2, -0.15) is 0 Å². The summed E-state index contributed by atoms with van der Waals surface area (Å²) in [4.78, 5) is 10.9. The van der Waals surface area contributed by atoms with Crippen molar-refractivity contribution in [3.8, 4) is 0 Å². The molecule has 11 heavy (non-hydrogen) atoms. The Labute approximate surface area is 67.9 Å². The van der Waals surface area contributed by atoms with Crippen LogP contribution in [0.15, 0.2) is 0 Å². The van der Waals surface area contributed by atoms with E-state index in [4.69, 9.17) is 4.74 Å². The van der Waals surface area contributed by atoms with Crippen molar-refractivity contribution in [1.29, 1.82) is 0 Å². The van der Waals surface area contributed by atoms with E-state index in [-0.39, 0.29) is 12.1 Å². The van der Waals surface area contributed by atoms with Crippen LogP contribution in [-0.2, 0) is 9.53 Å². The lowest BCUT2D eigenvalue weighted by molar-refractivity contribution is -0.161. The molecule has 1 rings (SSSR count). The van der Waals surface area contributed by atoms with Crippen LogP contribution in [0.5, 0.6) is 0 Å². The molecule has 2 atom stereocenters. The Morgan fingerprint density at radius 2 is 2.18 bits per heavy atom. The fourth-order valence-corrected chi connectivity index (χ4v) is 1.63. The maximum atomic E-state index is 10.9. The van der Waals surface area contributed by atoms with Gasteiger partial charge in [0.05, 0.1) is 0 Å². The van der Waals surface area contributed by atoms with Crippen LogP contribution >= 0.6 is 0 Å². The van der Waals surface area contributed by atoms with Crippen LogP contribution < -0.4 is 0 Å². The van der Waals surface area contributed by atoms with Gasteiger partial charge >= 0.3 is 5.97 Å². The van der Waals surface area contributed by atoms with Crippen LogP contribution in [0.3, 0.4) is 0 Å². The minimum Gasteiger partial charge on any atom is -0.462 e. The summed E-state index contributed by atoms with van der Waals surface area (Å²) in [5, 5.41) is 0. The van der Waals surface area contributed by atoms with Crippen molar-refractivity contribution in [2.24, 2.45) is 11.8 Å². The number of hydrogen-bond donors (Lipinski definition) is 0. The molecule has 0 aromatic carbocycles. The molecule has 0 N–H and O–H groups in total. The summed E-state index contributed by atoms with van der Waals surface area (Å²) in [6, 6.07) is 0. The maximum absolute atomic E-state index is 10.9. The van der Waals surface area contributed by atoms with Crippen molar-refractivity contribution in [3.05, 3.63) is 0 Å². The van der Waals surface area contributed by atoms with E-state index >= 15 is 0 Å². The number of cyclic esters (lactones) is 1. The molecular weight excluding hydrogens is 140 g/mol. The summed E-state index contributed by atoms with van der Waals surface area (Å²) in [6.07, 6.45) is 1.74. The Morgan fingerprint density at radius 1 is 1.55 bits per heavy atom. The van der Waals surface area contributed by atoms with Crippen LogP contribution in [0.2, 0.25) is 0 Å². The molecule has 2 nitrogen and oxygen atoms in total. The second kappa shape index (κ2) is 3.24. The molecule has 0 aromatic rings. The van der Waals surface area contributed by atoms with E-state index in [1.54, 1.807) is 0 Å². The third-order valence-electron chi connectivity index (χ3n) is 2.29. The van der Waals surface area contributed by atoms with Crippen LogP contribution in [0, 0.1) is 11.8 Å². The second-order valence-corrected chi connectivity index (χ2v) is 3.71. The lowest BCUT2D eigenvalue weighted by Crippen LogP contribution is -2.34. The lowest BCUT2D eigenvalue weighted by Gasteiger charge is -2.31. The highest BCUT2D eigenvalue weighted by Crippen LogP contribution is 2.25. The van der Waals surface area contributed by atoms with Gasteiger partial charge in [0.1, 0.15) is 6.10 Å². The van der Waals surface area contributed by atoms with E-state index < -0.39 is 0 Å². The average molecular weight is 156 g/mol. The fraction of sp³-hybridized carbons (Fsp3) is 0.889. The first-order valence-electron chi connectivity index (χ1n) is 4.30. The van der Waals surface area contributed by atoms with Crippen molar-refractivity contribution in [1.82, 2.24) is 0 Å². The summed E-state index contributed by atoms with van der Waals surface area (Å²) in [6.45, 7) is 6.34. The Balaban J connectivity index is 2.54. The topological polar surface area (TPSA) is 26.3 Å². The minimum atomic E-state index is -0.0261. The summed E-state index contributed by atoms with van der Waals surface area (Å²) in [5.74, 6) is 0.962. The fourth-order valence-electron chi connectivity index (χ4n) is 1.63. The van der Waals surface area contributed by atoms with Gasteiger partial charge in [-0.1, -0.05) is 20.8 Å². The molecule has 0 unspecified atom stereocenters. The largest absolute Gasteiger partial charge is 0.462 e. The molecule has 0 spiro atoms. The Bertz CT molecular complexity index is 152. The van der Waals surface area contributed by atoms with Gasteiger partial charge in [0, 0.05) is 6.42 Å². The zero-order chi connectivity index (χ0) is 8.43. The predicted octanol–water partition coefficient (Wildman–Crippen LogP) is 1.98. The van der Waals surface area contributed by atoms with Crippen molar-refractivity contribution in [2.75, 3.05) is 0 Å². The summed E-state index contributed by atoms with van der Waals surface area (Å²) in [5.41, 5.74) is 0. The summed E-state index contributed by atoms with van der Waals surface area (Å²) in [7, 11) is 0. The maximum Gasteiger partial charge on any atom is 0.306 e. The normalized spacial score (nSPS) is 32.2. The van der Waals surface area contributed by atoms with E-state index in [0.29, 0.717) is 18.3 Å². The monoisotopic (exact) mass is 156 g/mol. The number of rotatable bonds is 1. The second-order valence-electron chi connectivity index (χ2n) is 3.71. The number of ether oxygens (including phenoxy) is 1. The molecule has 1 saturated heterocycles. The molecule has 0 aromatic heterocycles. The van der Waals surface area contributed by atoms with E-state index in [1.165, 1.54) is 0 Å². The predicted molar refractivity (Wildman–Crippen MR) is 43.1 cm³/mol. The van der Waals surface area contributed by atoms with Crippen LogP contribution in [0.1, 0.15) is 33.6 Å². The van der Waals surface area contributed by atoms with E-state index in [2.05, 4.69) is 20.8 Å². The number of esters is 1. The number of carbonyl (C=O) groups is 1. The SMILES string of the molecule is CC(C)[C@@H]1OC(=O)CC[C@H]1C. The lowest BCUT2D eigenvalue weighted by atomic mass is 9.89. The smallest absolute Gasteiger partial charge is 0.306 e. The molecule has 0 radical (unpaired) electrons. The van der Waals surface area contributed by atoms with Gasteiger partial charge in [0.15, 0.2) is 0 Å². The quantitative estimate of drug-likeness (QED) is 0.543. The van der Waals surface area contributed by atoms with Crippen molar-refractivity contribution in [3.63, 3.8) is 0 Å². The van der Waals surface area contributed by atoms with E-state index in [0.717, 1.165) is 6.42 Å². The minimum absolute atomic E-state index is 0.0261. The molecule has 1 aliphatic rings.